The molecule has 0 spiro atoms. The van der Waals surface area contributed by atoms with E-state index in [1.54, 1.807) is 24.3 Å². The third-order valence-corrected chi connectivity index (χ3v) is 3.00. The van der Waals surface area contributed by atoms with Crippen molar-refractivity contribution in [2.24, 2.45) is 0 Å². The molecular formula is C9H8NO2S. The lowest BCUT2D eigenvalue weighted by atomic mass is 10.2. The Morgan fingerprint density at radius 1 is 1.38 bits per heavy atom. The summed E-state index contributed by atoms with van der Waals surface area (Å²) in [4.78, 5) is 3.17. The van der Waals surface area contributed by atoms with Crippen LogP contribution in [0, 0.1) is 6.20 Å². The molecule has 0 saturated heterocycles. The van der Waals surface area contributed by atoms with E-state index in [9.17, 15) is 8.42 Å². The number of benzene rings is 1. The van der Waals surface area contributed by atoms with Crippen molar-refractivity contribution in [1.29, 1.82) is 0 Å². The van der Waals surface area contributed by atoms with Gasteiger partial charge >= 0.3 is 0 Å². The van der Waals surface area contributed by atoms with Gasteiger partial charge in [-0.25, -0.2) is 8.42 Å². The summed E-state index contributed by atoms with van der Waals surface area (Å²) in [5, 5.41) is 0.965. The molecule has 0 unspecified atom stereocenters. The summed E-state index contributed by atoms with van der Waals surface area (Å²) >= 11 is 0. The Morgan fingerprint density at radius 2 is 2.15 bits per heavy atom. The van der Waals surface area contributed by atoms with E-state index < -0.39 is 9.84 Å². The number of hydrogen-bond acceptors (Lipinski definition) is 2. The molecule has 1 N–H and O–H groups in total. The second kappa shape index (κ2) is 2.60. The van der Waals surface area contributed by atoms with Crippen LogP contribution in [0.25, 0.3) is 10.9 Å². The number of aromatic nitrogens is 1. The SMILES string of the molecule is CS(=O)(=O)c1ccc2c[c][nH]c2c1. The van der Waals surface area contributed by atoms with E-state index in [0.717, 1.165) is 10.9 Å². The topological polar surface area (TPSA) is 49.9 Å². The largest absolute Gasteiger partial charge is 0.353 e. The van der Waals surface area contributed by atoms with Crippen molar-refractivity contribution in [2.75, 3.05) is 6.26 Å². The Labute approximate surface area is 76.3 Å². The maximum absolute atomic E-state index is 11.2. The Kier molecular flexibility index (Phi) is 1.66. The predicted molar refractivity (Wildman–Crippen MR) is 50.2 cm³/mol. The summed E-state index contributed by atoms with van der Waals surface area (Å²) in [5.74, 6) is 0. The number of hydrogen-bond donors (Lipinski definition) is 1. The summed E-state index contributed by atoms with van der Waals surface area (Å²) in [6, 6.07) is 6.75. The van der Waals surface area contributed by atoms with Gasteiger partial charge in [-0.1, -0.05) is 6.07 Å². The van der Waals surface area contributed by atoms with Crippen molar-refractivity contribution in [3.63, 3.8) is 0 Å². The van der Waals surface area contributed by atoms with Gasteiger partial charge in [-0.2, -0.15) is 0 Å². The van der Waals surface area contributed by atoms with Gasteiger partial charge in [-0.3, -0.25) is 0 Å². The molecular weight excluding hydrogens is 186 g/mol. The minimum Gasteiger partial charge on any atom is -0.353 e. The minimum absolute atomic E-state index is 0.329. The second-order valence-corrected chi connectivity index (χ2v) is 4.95. The fourth-order valence-electron chi connectivity index (χ4n) is 1.19. The Morgan fingerprint density at radius 3 is 2.85 bits per heavy atom. The molecule has 0 aliphatic carbocycles. The number of sulfone groups is 1. The van der Waals surface area contributed by atoms with Crippen molar-refractivity contribution in [3.05, 3.63) is 30.5 Å². The first-order valence-corrected chi connectivity index (χ1v) is 5.65. The molecule has 1 aromatic heterocycles. The number of rotatable bonds is 1. The van der Waals surface area contributed by atoms with Crippen molar-refractivity contribution in [2.45, 2.75) is 4.90 Å². The highest BCUT2D eigenvalue weighted by Crippen LogP contribution is 2.16. The van der Waals surface area contributed by atoms with Crippen LogP contribution in [-0.4, -0.2) is 19.7 Å². The lowest BCUT2D eigenvalue weighted by Crippen LogP contribution is -1.95. The zero-order valence-electron chi connectivity index (χ0n) is 7.03. The summed E-state index contributed by atoms with van der Waals surface area (Å²) < 4.78 is 22.3. The maximum Gasteiger partial charge on any atom is 0.175 e. The fraction of sp³-hybridized carbons (Fsp3) is 0.111. The van der Waals surface area contributed by atoms with E-state index in [-0.39, 0.29) is 0 Å². The van der Waals surface area contributed by atoms with Gasteiger partial charge in [-0.15, -0.1) is 0 Å². The van der Waals surface area contributed by atoms with Crippen LogP contribution < -0.4 is 0 Å². The quantitative estimate of drug-likeness (QED) is 0.745. The van der Waals surface area contributed by atoms with Crippen molar-refractivity contribution in [3.8, 4) is 0 Å². The number of nitrogens with one attached hydrogen (secondary N) is 1. The highest BCUT2D eigenvalue weighted by Gasteiger charge is 2.07. The average molecular weight is 194 g/mol. The summed E-state index contributed by atoms with van der Waals surface area (Å²) in [7, 11) is -3.11. The van der Waals surface area contributed by atoms with Crippen LogP contribution in [0.3, 0.4) is 0 Å². The molecule has 13 heavy (non-hydrogen) atoms. The van der Waals surface area contributed by atoms with Gasteiger partial charge in [-0.05, 0) is 18.2 Å². The molecule has 2 rings (SSSR count). The Bertz CT molecular complexity index is 539. The standard InChI is InChI=1S/C9H8NO2S/c1-13(11,12)8-3-2-7-4-5-10-9(7)6-8/h2-4,6,10H,1H3. The van der Waals surface area contributed by atoms with Crippen LogP contribution >= 0.6 is 0 Å². The van der Waals surface area contributed by atoms with Gasteiger partial charge < -0.3 is 4.98 Å². The van der Waals surface area contributed by atoms with Crippen LogP contribution in [0.5, 0.6) is 0 Å². The molecule has 0 fully saturated rings. The summed E-state index contributed by atoms with van der Waals surface area (Å²) in [6.07, 6.45) is 3.99. The van der Waals surface area contributed by atoms with Gasteiger partial charge in [0.25, 0.3) is 0 Å². The number of H-pyrrole nitrogens is 1. The molecule has 0 amide bonds. The molecule has 4 heteroatoms. The first-order valence-electron chi connectivity index (χ1n) is 3.76. The molecule has 1 aromatic carbocycles. The Balaban J connectivity index is 2.75. The molecule has 0 bridgehead atoms. The highest BCUT2D eigenvalue weighted by molar-refractivity contribution is 7.90. The fourth-order valence-corrected chi connectivity index (χ4v) is 1.84. The number of aromatic amines is 1. The third-order valence-electron chi connectivity index (χ3n) is 1.89. The van der Waals surface area contributed by atoms with E-state index in [4.69, 9.17) is 0 Å². The first-order chi connectivity index (χ1) is 6.07. The predicted octanol–water partition coefficient (Wildman–Crippen LogP) is 1.37. The molecule has 2 aromatic rings. The molecule has 3 nitrogen and oxygen atoms in total. The normalized spacial score (nSPS) is 12.1. The molecule has 1 heterocycles. The lowest BCUT2D eigenvalue weighted by molar-refractivity contribution is 0.602. The van der Waals surface area contributed by atoms with E-state index in [0.29, 0.717) is 4.90 Å². The van der Waals surface area contributed by atoms with E-state index >= 15 is 0 Å². The second-order valence-electron chi connectivity index (χ2n) is 2.93. The van der Waals surface area contributed by atoms with Crippen molar-refractivity contribution < 1.29 is 8.42 Å². The first kappa shape index (κ1) is 8.31. The molecule has 1 radical (unpaired) electrons. The van der Waals surface area contributed by atoms with E-state index in [2.05, 4.69) is 11.2 Å². The molecule has 0 aliphatic heterocycles. The van der Waals surface area contributed by atoms with Gasteiger partial charge in [0, 0.05) is 17.2 Å². The monoisotopic (exact) mass is 194 g/mol. The average Bonchev–Trinajstić information content (AvgIpc) is 2.47. The molecule has 67 valence electrons. The zero-order valence-corrected chi connectivity index (χ0v) is 7.85. The Hall–Kier alpha value is -1.29. The summed E-state index contributed by atoms with van der Waals surface area (Å²) in [6.45, 7) is 0. The molecule has 0 aliphatic rings. The molecule has 0 saturated carbocycles. The van der Waals surface area contributed by atoms with Crippen molar-refractivity contribution in [1.82, 2.24) is 4.98 Å². The summed E-state index contributed by atoms with van der Waals surface area (Å²) in [5.41, 5.74) is 0.794. The third kappa shape index (κ3) is 1.45. The van der Waals surface area contributed by atoms with E-state index in [1.807, 2.05) is 0 Å². The zero-order chi connectivity index (χ0) is 9.47. The van der Waals surface area contributed by atoms with Crippen molar-refractivity contribution >= 4 is 20.7 Å². The van der Waals surface area contributed by atoms with Crippen LogP contribution in [0.1, 0.15) is 0 Å². The van der Waals surface area contributed by atoms with Crippen LogP contribution in [0.2, 0.25) is 0 Å². The van der Waals surface area contributed by atoms with E-state index in [1.165, 1.54) is 6.26 Å². The number of fused-ring (bicyclic) bond motifs is 1. The molecule has 0 atom stereocenters. The van der Waals surface area contributed by atoms with Crippen LogP contribution in [-0.2, 0) is 9.84 Å². The van der Waals surface area contributed by atoms with Gasteiger partial charge in [0.1, 0.15) is 0 Å². The smallest absolute Gasteiger partial charge is 0.175 e. The highest BCUT2D eigenvalue weighted by atomic mass is 32.2. The van der Waals surface area contributed by atoms with Gasteiger partial charge in [0.2, 0.25) is 0 Å². The van der Waals surface area contributed by atoms with Crippen LogP contribution in [0.4, 0.5) is 0 Å². The lowest BCUT2D eigenvalue weighted by Gasteiger charge is -1.97. The van der Waals surface area contributed by atoms with Gasteiger partial charge in [0.15, 0.2) is 9.84 Å². The van der Waals surface area contributed by atoms with Crippen LogP contribution in [0.15, 0.2) is 29.2 Å². The minimum atomic E-state index is -3.11. The maximum atomic E-state index is 11.2. The van der Waals surface area contributed by atoms with Gasteiger partial charge in [0.05, 0.1) is 11.1 Å².